The molecule has 1 aromatic carbocycles. The lowest BCUT2D eigenvalue weighted by molar-refractivity contribution is 0.568. The average molecular weight is 239 g/mol. The Labute approximate surface area is 105 Å². The number of fused-ring (bicyclic) bond motifs is 1. The van der Waals surface area contributed by atoms with Crippen LogP contribution in [0.15, 0.2) is 47.3 Å². The van der Waals surface area contributed by atoms with Gasteiger partial charge in [0.05, 0.1) is 12.5 Å². The topological polar surface area (TPSA) is 51.0 Å². The first-order valence-electron chi connectivity index (χ1n) is 5.92. The quantitative estimate of drug-likeness (QED) is 0.761. The maximum Gasteiger partial charge on any atom is 0.156 e. The average Bonchev–Trinajstić information content (AvgIpc) is 2.93. The summed E-state index contributed by atoms with van der Waals surface area (Å²) in [5.41, 5.74) is 1.79. The highest BCUT2D eigenvalue weighted by Gasteiger charge is 2.10. The molecule has 0 saturated heterocycles. The third kappa shape index (κ3) is 1.72. The van der Waals surface area contributed by atoms with Gasteiger partial charge < -0.3 is 9.73 Å². The smallest absolute Gasteiger partial charge is 0.156 e. The molecule has 0 saturated carbocycles. The van der Waals surface area contributed by atoms with Crippen molar-refractivity contribution >= 4 is 16.6 Å². The van der Waals surface area contributed by atoms with Crippen LogP contribution in [-0.2, 0) is 0 Å². The van der Waals surface area contributed by atoms with E-state index in [-0.39, 0.29) is 0 Å². The Kier molecular flexibility index (Phi) is 2.68. The molecule has 0 radical (unpaired) electrons. The van der Waals surface area contributed by atoms with Crippen molar-refractivity contribution in [3.63, 3.8) is 0 Å². The minimum Gasteiger partial charge on any atom is -0.472 e. The van der Waals surface area contributed by atoms with Crippen LogP contribution in [-0.4, -0.2) is 16.7 Å². The van der Waals surface area contributed by atoms with Gasteiger partial charge in [-0.2, -0.15) is 0 Å². The Morgan fingerprint density at radius 3 is 2.67 bits per heavy atom. The first-order valence-corrected chi connectivity index (χ1v) is 5.92. The van der Waals surface area contributed by atoms with Crippen molar-refractivity contribution < 1.29 is 4.42 Å². The summed E-state index contributed by atoms with van der Waals surface area (Å²) in [4.78, 5) is 0. The fourth-order valence-corrected chi connectivity index (χ4v) is 2.01. The van der Waals surface area contributed by atoms with Gasteiger partial charge in [-0.1, -0.05) is 24.3 Å². The number of nitrogens with one attached hydrogen (secondary N) is 1. The Bertz CT molecular complexity index is 662. The minimum absolute atomic E-state index is 0.820. The molecule has 0 aliphatic rings. The van der Waals surface area contributed by atoms with E-state index in [4.69, 9.17) is 4.42 Å². The Morgan fingerprint density at radius 2 is 1.94 bits per heavy atom. The van der Waals surface area contributed by atoms with Crippen LogP contribution in [0.1, 0.15) is 6.92 Å². The molecular weight excluding hydrogens is 226 g/mol. The number of furan rings is 1. The van der Waals surface area contributed by atoms with Crippen LogP contribution in [0.5, 0.6) is 0 Å². The first kappa shape index (κ1) is 10.8. The molecule has 2 heterocycles. The van der Waals surface area contributed by atoms with E-state index >= 15 is 0 Å². The SMILES string of the molecule is CCNc1nnc(-c2ccoc2)c2ccccc12. The van der Waals surface area contributed by atoms with Gasteiger partial charge in [0.25, 0.3) is 0 Å². The summed E-state index contributed by atoms with van der Waals surface area (Å²) >= 11 is 0. The molecule has 0 spiro atoms. The third-order valence-electron chi connectivity index (χ3n) is 2.83. The van der Waals surface area contributed by atoms with Crippen molar-refractivity contribution in [3.05, 3.63) is 42.9 Å². The van der Waals surface area contributed by atoms with Gasteiger partial charge in [-0.05, 0) is 13.0 Å². The molecule has 4 nitrogen and oxygen atoms in total. The summed E-state index contributed by atoms with van der Waals surface area (Å²) < 4.78 is 5.11. The second-order valence-corrected chi connectivity index (χ2v) is 3.99. The predicted octanol–water partition coefficient (Wildman–Crippen LogP) is 3.32. The molecule has 0 aliphatic heterocycles. The molecule has 0 bridgehead atoms. The third-order valence-corrected chi connectivity index (χ3v) is 2.83. The van der Waals surface area contributed by atoms with Crippen molar-refractivity contribution in [2.24, 2.45) is 0 Å². The summed E-state index contributed by atoms with van der Waals surface area (Å²) in [5.74, 6) is 0.820. The van der Waals surface area contributed by atoms with E-state index in [9.17, 15) is 0 Å². The maximum atomic E-state index is 5.11. The van der Waals surface area contributed by atoms with Gasteiger partial charge in [-0.25, -0.2) is 0 Å². The molecule has 3 rings (SSSR count). The number of benzene rings is 1. The van der Waals surface area contributed by atoms with Crippen LogP contribution in [0.25, 0.3) is 22.0 Å². The highest BCUT2D eigenvalue weighted by atomic mass is 16.3. The van der Waals surface area contributed by atoms with Crippen molar-refractivity contribution in [2.45, 2.75) is 6.92 Å². The van der Waals surface area contributed by atoms with Crippen LogP contribution in [0, 0.1) is 0 Å². The zero-order valence-electron chi connectivity index (χ0n) is 10.1. The fraction of sp³-hybridized carbons (Fsp3) is 0.143. The molecule has 1 N–H and O–H groups in total. The van der Waals surface area contributed by atoms with Crippen LogP contribution in [0.2, 0.25) is 0 Å². The van der Waals surface area contributed by atoms with Crippen LogP contribution in [0.4, 0.5) is 5.82 Å². The number of nitrogens with zero attached hydrogens (tertiary/aromatic N) is 2. The van der Waals surface area contributed by atoms with Gasteiger partial charge in [0, 0.05) is 22.9 Å². The number of rotatable bonds is 3. The Hall–Kier alpha value is -2.36. The Balaban J connectivity index is 2.26. The second kappa shape index (κ2) is 4.49. The van der Waals surface area contributed by atoms with Crippen LogP contribution in [0.3, 0.4) is 0 Å². The van der Waals surface area contributed by atoms with E-state index in [0.29, 0.717) is 0 Å². The summed E-state index contributed by atoms with van der Waals surface area (Å²) in [6.45, 7) is 2.87. The summed E-state index contributed by atoms with van der Waals surface area (Å²) in [6, 6.07) is 10.00. The molecule has 3 aromatic rings. The normalized spacial score (nSPS) is 10.7. The van der Waals surface area contributed by atoms with Gasteiger partial charge in [0.2, 0.25) is 0 Å². The molecule has 18 heavy (non-hydrogen) atoms. The van der Waals surface area contributed by atoms with E-state index in [1.165, 1.54) is 0 Å². The lowest BCUT2D eigenvalue weighted by Crippen LogP contribution is -2.02. The largest absolute Gasteiger partial charge is 0.472 e. The molecule has 2 aromatic heterocycles. The molecule has 90 valence electrons. The first-order chi connectivity index (χ1) is 8.90. The van der Waals surface area contributed by atoms with Crippen LogP contribution >= 0.6 is 0 Å². The predicted molar refractivity (Wildman–Crippen MR) is 71.4 cm³/mol. The van der Waals surface area contributed by atoms with E-state index in [1.807, 2.05) is 37.3 Å². The number of hydrogen-bond acceptors (Lipinski definition) is 4. The number of anilines is 1. The van der Waals surface area contributed by atoms with E-state index in [2.05, 4.69) is 15.5 Å². The van der Waals surface area contributed by atoms with E-state index in [0.717, 1.165) is 34.4 Å². The lowest BCUT2D eigenvalue weighted by atomic mass is 10.1. The van der Waals surface area contributed by atoms with Gasteiger partial charge in [-0.3, -0.25) is 0 Å². The monoisotopic (exact) mass is 239 g/mol. The van der Waals surface area contributed by atoms with E-state index < -0.39 is 0 Å². The summed E-state index contributed by atoms with van der Waals surface area (Å²) in [7, 11) is 0. The van der Waals surface area contributed by atoms with Gasteiger partial charge in [0.15, 0.2) is 5.82 Å². The summed E-state index contributed by atoms with van der Waals surface area (Å²) in [6.07, 6.45) is 3.33. The Morgan fingerprint density at radius 1 is 1.11 bits per heavy atom. The number of hydrogen-bond donors (Lipinski definition) is 1. The minimum atomic E-state index is 0.820. The zero-order chi connectivity index (χ0) is 12.4. The fourth-order valence-electron chi connectivity index (χ4n) is 2.01. The second-order valence-electron chi connectivity index (χ2n) is 3.99. The maximum absolute atomic E-state index is 5.11. The molecular formula is C14H13N3O. The molecule has 0 aliphatic carbocycles. The molecule has 0 atom stereocenters. The van der Waals surface area contributed by atoms with Crippen molar-refractivity contribution in [1.29, 1.82) is 0 Å². The highest BCUT2D eigenvalue weighted by molar-refractivity contribution is 5.99. The van der Waals surface area contributed by atoms with E-state index in [1.54, 1.807) is 12.5 Å². The van der Waals surface area contributed by atoms with Gasteiger partial charge in [0.1, 0.15) is 5.69 Å². The van der Waals surface area contributed by atoms with Crippen molar-refractivity contribution in [3.8, 4) is 11.3 Å². The highest BCUT2D eigenvalue weighted by Crippen LogP contribution is 2.29. The zero-order valence-corrected chi connectivity index (χ0v) is 10.1. The number of aromatic nitrogens is 2. The standard InChI is InChI=1S/C14H13N3O/c1-2-15-14-12-6-4-3-5-11(12)13(16-17-14)10-7-8-18-9-10/h3-9H,2H2,1H3,(H,15,17). The van der Waals surface area contributed by atoms with Gasteiger partial charge in [-0.15, -0.1) is 10.2 Å². The van der Waals surface area contributed by atoms with Crippen molar-refractivity contribution in [2.75, 3.05) is 11.9 Å². The molecule has 4 heteroatoms. The van der Waals surface area contributed by atoms with Crippen LogP contribution < -0.4 is 5.32 Å². The molecule has 0 amide bonds. The molecule has 0 fully saturated rings. The summed E-state index contributed by atoms with van der Waals surface area (Å²) in [5, 5.41) is 13.9. The molecule has 0 unspecified atom stereocenters. The van der Waals surface area contributed by atoms with Crippen molar-refractivity contribution in [1.82, 2.24) is 10.2 Å². The lowest BCUT2D eigenvalue weighted by Gasteiger charge is -2.08. The van der Waals surface area contributed by atoms with Gasteiger partial charge >= 0.3 is 0 Å².